The van der Waals surface area contributed by atoms with Crippen LogP contribution in [0.3, 0.4) is 0 Å². The van der Waals surface area contributed by atoms with Gasteiger partial charge in [0.1, 0.15) is 11.5 Å². The Kier molecular flexibility index (Phi) is 5.89. The molecule has 0 N–H and O–H groups in total. The average molecular weight is 316 g/mol. The normalized spacial score (nSPS) is 16.8. The molecule has 0 radical (unpaired) electrons. The molecule has 0 bridgehead atoms. The van der Waals surface area contributed by atoms with Gasteiger partial charge in [0.2, 0.25) is 6.29 Å². The summed E-state index contributed by atoms with van der Waals surface area (Å²) in [5.41, 5.74) is 1.50. The van der Waals surface area contributed by atoms with E-state index in [1.165, 1.54) is 5.56 Å². The first-order valence-corrected chi connectivity index (χ1v) is 8.24. The Hall–Kier alpha value is -1.74. The van der Waals surface area contributed by atoms with Gasteiger partial charge >= 0.3 is 0 Å². The minimum Gasteiger partial charge on any atom is -0.468 e. The molecule has 2 unspecified atom stereocenters. The second-order valence-electron chi connectivity index (χ2n) is 7.02. The van der Waals surface area contributed by atoms with E-state index >= 15 is 0 Å². The summed E-state index contributed by atoms with van der Waals surface area (Å²) in [6.07, 6.45) is 6.59. The van der Waals surface area contributed by atoms with Crippen molar-refractivity contribution in [2.24, 2.45) is 5.41 Å². The molecule has 0 amide bonds. The van der Waals surface area contributed by atoms with Gasteiger partial charge in [0.05, 0.1) is 0 Å². The summed E-state index contributed by atoms with van der Waals surface area (Å²) in [4.78, 5) is 0. The van der Waals surface area contributed by atoms with Crippen molar-refractivity contribution in [3.8, 4) is 5.75 Å². The van der Waals surface area contributed by atoms with Crippen molar-refractivity contribution in [3.05, 3.63) is 53.8 Å². The van der Waals surface area contributed by atoms with Gasteiger partial charge in [0.25, 0.3) is 0 Å². The van der Waals surface area contributed by atoms with Crippen LogP contribution in [0.15, 0.2) is 48.3 Å². The number of rotatable bonds is 7. The van der Waals surface area contributed by atoms with E-state index in [4.69, 9.17) is 14.2 Å². The molecule has 1 aromatic carbocycles. The Balaban J connectivity index is 1.85. The molecular weight excluding hydrogens is 288 g/mol. The largest absolute Gasteiger partial charge is 0.468 e. The molecule has 126 valence electrons. The Labute approximate surface area is 139 Å². The van der Waals surface area contributed by atoms with Crippen molar-refractivity contribution in [2.45, 2.75) is 53.2 Å². The number of ether oxygens (including phenoxy) is 3. The van der Waals surface area contributed by atoms with Crippen LogP contribution in [0.1, 0.15) is 52.5 Å². The Morgan fingerprint density at radius 3 is 2.61 bits per heavy atom. The summed E-state index contributed by atoms with van der Waals surface area (Å²) < 4.78 is 16.9. The fourth-order valence-electron chi connectivity index (χ4n) is 2.32. The third-order valence-electron chi connectivity index (χ3n) is 4.22. The zero-order valence-electron chi connectivity index (χ0n) is 14.8. The predicted molar refractivity (Wildman–Crippen MR) is 93.3 cm³/mol. The van der Waals surface area contributed by atoms with E-state index in [2.05, 4.69) is 45.9 Å². The molecule has 0 spiro atoms. The topological polar surface area (TPSA) is 27.7 Å². The number of allylic oxidation sites excluding steroid dienone is 3. The molecule has 0 heterocycles. The lowest BCUT2D eigenvalue weighted by atomic mass is 9.78. The lowest BCUT2D eigenvalue weighted by molar-refractivity contribution is -0.132. The minimum absolute atomic E-state index is 0.190. The first-order chi connectivity index (χ1) is 10.9. The first-order valence-electron chi connectivity index (χ1n) is 8.24. The van der Waals surface area contributed by atoms with Crippen LogP contribution in [-0.4, -0.2) is 13.1 Å². The molecular formula is C20H28O3. The lowest BCUT2D eigenvalue weighted by Gasteiger charge is -2.28. The van der Waals surface area contributed by atoms with Gasteiger partial charge in [-0.3, -0.25) is 0 Å². The van der Waals surface area contributed by atoms with Crippen LogP contribution >= 0.6 is 0 Å². The predicted octanol–water partition coefficient (Wildman–Crippen LogP) is 5.40. The van der Waals surface area contributed by atoms with Crippen molar-refractivity contribution in [3.63, 3.8) is 0 Å². The monoisotopic (exact) mass is 316 g/mol. The average Bonchev–Trinajstić information content (AvgIpc) is 2.99. The molecule has 2 atom stereocenters. The Bertz CT molecular complexity index is 566. The van der Waals surface area contributed by atoms with Gasteiger partial charge < -0.3 is 14.2 Å². The highest BCUT2D eigenvalue weighted by Gasteiger charge is 2.22. The summed E-state index contributed by atoms with van der Waals surface area (Å²) >= 11 is 0. The summed E-state index contributed by atoms with van der Waals surface area (Å²) in [5, 5.41) is 0. The second kappa shape index (κ2) is 7.69. The third-order valence-corrected chi connectivity index (χ3v) is 4.22. The van der Waals surface area contributed by atoms with Gasteiger partial charge in [-0.05, 0) is 54.5 Å². The summed E-state index contributed by atoms with van der Waals surface area (Å²) in [5.74, 6) is 2.14. The molecule has 1 aromatic rings. The summed E-state index contributed by atoms with van der Waals surface area (Å²) in [7, 11) is 0. The van der Waals surface area contributed by atoms with Crippen LogP contribution in [0.2, 0.25) is 0 Å². The van der Waals surface area contributed by atoms with Crippen molar-refractivity contribution >= 4 is 0 Å². The van der Waals surface area contributed by atoms with E-state index in [0.717, 1.165) is 17.9 Å². The van der Waals surface area contributed by atoms with E-state index in [1.54, 1.807) is 0 Å². The second-order valence-corrected chi connectivity index (χ2v) is 7.02. The fourth-order valence-corrected chi connectivity index (χ4v) is 2.32. The molecule has 0 aliphatic heterocycles. The third kappa shape index (κ3) is 5.43. The number of benzene rings is 1. The highest BCUT2D eigenvalue weighted by atomic mass is 16.7. The molecule has 0 fully saturated rings. The van der Waals surface area contributed by atoms with E-state index < -0.39 is 0 Å². The standard InChI is InChI=1S/C20H28O3/c1-15(20(3,4)5)17-9-8-12-19(13-17)23-16(2)21-14-22-18-10-6-7-11-18/h6,8-13,15-16H,7,14H2,1-5H3. The van der Waals surface area contributed by atoms with Gasteiger partial charge in [-0.2, -0.15) is 0 Å². The lowest BCUT2D eigenvalue weighted by Crippen LogP contribution is -2.18. The molecule has 1 aliphatic carbocycles. The van der Waals surface area contributed by atoms with Gasteiger partial charge in [-0.15, -0.1) is 0 Å². The molecule has 0 saturated carbocycles. The summed E-state index contributed by atoms with van der Waals surface area (Å²) in [6, 6.07) is 8.24. The smallest absolute Gasteiger partial charge is 0.200 e. The zero-order valence-corrected chi connectivity index (χ0v) is 14.8. The molecule has 23 heavy (non-hydrogen) atoms. The van der Waals surface area contributed by atoms with Crippen LogP contribution in [0.5, 0.6) is 5.75 Å². The van der Waals surface area contributed by atoms with Crippen LogP contribution in [0.4, 0.5) is 0 Å². The van der Waals surface area contributed by atoms with Crippen LogP contribution in [-0.2, 0) is 9.47 Å². The van der Waals surface area contributed by atoms with Crippen molar-refractivity contribution in [1.82, 2.24) is 0 Å². The van der Waals surface area contributed by atoms with Gasteiger partial charge in [-0.25, -0.2) is 0 Å². The molecule has 3 heteroatoms. The molecule has 1 aliphatic rings. The number of hydrogen-bond donors (Lipinski definition) is 0. The van der Waals surface area contributed by atoms with Crippen molar-refractivity contribution in [1.29, 1.82) is 0 Å². The fraction of sp³-hybridized carbons (Fsp3) is 0.500. The number of hydrogen-bond acceptors (Lipinski definition) is 3. The van der Waals surface area contributed by atoms with E-state index in [-0.39, 0.29) is 18.5 Å². The molecule has 0 saturated heterocycles. The summed E-state index contributed by atoms with van der Waals surface area (Å²) in [6.45, 7) is 11.1. The first kappa shape index (κ1) is 17.6. The van der Waals surface area contributed by atoms with Gasteiger partial charge in [0, 0.05) is 0 Å². The maximum Gasteiger partial charge on any atom is 0.200 e. The quantitative estimate of drug-likeness (QED) is 0.631. The Morgan fingerprint density at radius 2 is 1.96 bits per heavy atom. The highest BCUT2D eigenvalue weighted by Crippen LogP contribution is 2.35. The van der Waals surface area contributed by atoms with Crippen LogP contribution < -0.4 is 4.74 Å². The van der Waals surface area contributed by atoms with Gasteiger partial charge in [-0.1, -0.05) is 45.9 Å². The van der Waals surface area contributed by atoms with E-state index in [0.29, 0.717) is 5.92 Å². The van der Waals surface area contributed by atoms with E-state index in [1.807, 2.05) is 31.2 Å². The zero-order chi connectivity index (χ0) is 16.9. The SMILES string of the molecule is CC(OCOC1=CCC=C1)Oc1cccc(C(C)C(C)(C)C)c1. The van der Waals surface area contributed by atoms with Crippen molar-refractivity contribution < 1.29 is 14.2 Å². The molecule has 0 aromatic heterocycles. The van der Waals surface area contributed by atoms with Gasteiger partial charge in [0.15, 0.2) is 6.79 Å². The minimum atomic E-state index is -0.360. The van der Waals surface area contributed by atoms with E-state index in [9.17, 15) is 0 Å². The molecule has 2 rings (SSSR count). The van der Waals surface area contributed by atoms with Crippen LogP contribution in [0, 0.1) is 5.41 Å². The maximum atomic E-state index is 5.84. The molecule has 3 nitrogen and oxygen atoms in total. The van der Waals surface area contributed by atoms with Crippen LogP contribution in [0.25, 0.3) is 0 Å². The highest BCUT2D eigenvalue weighted by molar-refractivity contribution is 5.31. The van der Waals surface area contributed by atoms with Crippen molar-refractivity contribution in [2.75, 3.05) is 6.79 Å². The maximum absolute atomic E-state index is 5.84. The Morgan fingerprint density at radius 1 is 1.17 bits per heavy atom.